The number of carbonyl (C=O) groups is 1. The van der Waals surface area contributed by atoms with Gasteiger partial charge in [0.05, 0.1) is 20.3 Å². The van der Waals surface area contributed by atoms with Crippen LogP contribution in [0.5, 0.6) is 11.5 Å². The average molecular weight is 464 g/mol. The summed E-state index contributed by atoms with van der Waals surface area (Å²) in [7, 11) is 3.26. The summed E-state index contributed by atoms with van der Waals surface area (Å²) >= 11 is 6.65. The fourth-order valence-corrected chi connectivity index (χ4v) is 4.71. The van der Waals surface area contributed by atoms with Gasteiger partial charge in [0.15, 0.2) is 11.5 Å². The van der Waals surface area contributed by atoms with Crippen molar-refractivity contribution in [3.8, 4) is 11.5 Å². The highest BCUT2D eigenvalue weighted by Gasteiger charge is 2.35. The summed E-state index contributed by atoms with van der Waals surface area (Å²) in [6.45, 7) is 7.08. The second-order valence-electron chi connectivity index (χ2n) is 9.41. The number of carbonyl (C=O) groups excluding carboxylic acids is 1. The van der Waals surface area contributed by atoms with E-state index in [2.05, 4.69) is 20.8 Å². The van der Waals surface area contributed by atoms with Gasteiger partial charge in [0, 0.05) is 17.1 Å². The van der Waals surface area contributed by atoms with E-state index in [9.17, 15) is 4.79 Å². The highest BCUT2D eigenvalue weighted by Crippen LogP contribution is 2.43. The molecule has 3 aromatic carbocycles. The molecule has 0 aliphatic carbocycles. The van der Waals surface area contributed by atoms with Crippen LogP contribution < -0.4 is 9.47 Å². The van der Waals surface area contributed by atoms with Crippen molar-refractivity contribution in [3.63, 3.8) is 0 Å². The summed E-state index contributed by atoms with van der Waals surface area (Å²) in [6, 6.07) is 19.3. The standard InChI is InChI=1S/C28H30ClNO3/c1-28(2,3)20-12-10-18(11-13-20)27(31)30-15-14-19-16-24(32-4)25(33-5)17-22(19)26(30)21-8-6-7-9-23(21)29/h6-13,16-17,26H,14-15H2,1-5H3/t26-/m0/s1. The molecule has 0 saturated carbocycles. The quantitative estimate of drug-likeness (QED) is 0.446. The normalized spacial score (nSPS) is 15.7. The number of hydrogen-bond donors (Lipinski definition) is 0. The van der Waals surface area contributed by atoms with Gasteiger partial charge in [0.2, 0.25) is 0 Å². The van der Waals surface area contributed by atoms with Crippen molar-refractivity contribution in [2.75, 3.05) is 20.8 Å². The van der Waals surface area contributed by atoms with Crippen LogP contribution in [0.2, 0.25) is 5.02 Å². The van der Waals surface area contributed by atoms with E-state index in [-0.39, 0.29) is 17.4 Å². The Kier molecular flexibility index (Phi) is 6.40. The lowest BCUT2D eigenvalue weighted by Crippen LogP contribution is -2.40. The fraction of sp³-hybridized carbons (Fsp3) is 0.321. The van der Waals surface area contributed by atoms with Gasteiger partial charge >= 0.3 is 0 Å². The largest absolute Gasteiger partial charge is 0.493 e. The van der Waals surface area contributed by atoms with Gasteiger partial charge in [-0.2, -0.15) is 0 Å². The highest BCUT2D eigenvalue weighted by molar-refractivity contribution is 6.31. The molecule has 0 saturated heterocycles. The summed E-state index contributed by atoms with van der Waals surface area (Å²) < 4.78 is 11.1. The lowest BCUT2D eigenvalue weighted by Gasteiger charge is -2.38. The molecular weight excluding hydrogens is 434 g/mol. The molecule has 1 aliphatic rings. The minimum Gasteiger partial charge on any atom is -0.493 e. The van der Waals surface area contributed by atoms with Crippen LogP contribution in [0, 0.1) is 0 Å². The van der Waals surface area contributed by atoms with Crippen molar-refractivity contribution in [1.82, 2.24) is 4.90 Å². The molecule has 0 unspecified atom stereocenters. The SMILES string of the molecule is COc1cc2c(cc1OC)[C@H](c1ccccc1Cl)N(C(=O)c1ccc(C(C)(C)C)cc1)CC2. The van der Waals surface area contributed by atoms with Crippen molar-refractivity contribution in [1.29, 1.82) is 0 Å². The molecule has 0 radical (unpaired) electrons. The predicted octanol–water partition coefficient (Wildman–Crippen LogP) is 6.44. The topological polar surface area (TPSA) is 38.8 Å². The third kappa shape index (κ3) is 4.45. The van der Waals surface area contributed by atoms with Crippen LogP contribution in [0.15, 0.2) is 60.7 Å². The zero-order valence-electron chi connectivity index (χ0n) is 19.8. The number of methoxy groups -OCH3 is 2. The Morgan fingerprint density at radius 1 is 0.939 bits per heavy atom. The van der Waals surface area contributed by atoms with Gasteiger partial charge < -0.3 is 14.4 Å². The van der Waals surface area contributed by atoms with Crippen molar-refractivity contribution in [2.45, 2.75) is 38.6 Å². The minimum atomic E-state index is -0.322. The summed E-state index contributed by atoms with van der Waals surface area (Å²) in [4.78, 5) is 15.7. The van der Waals surface area contributed by atoms with Crippen LogP contribution in [0.25, 0.3) is 0 Å². The van der Waals surface area contributed by atoms with Crippen molar-refractivity contribution >= 4 is 17.5 Å². The summed E-state index contributed by atoms with van der Waals surface area (Å²) in [5.74, 6) is 1.31. The molecule has 1 amide bonds. The summed E-state index contributed by atoms with van der Waals surface area (Å²) in [5.41, 5.74) is 4.93. The maximum absolute atomic E-state index is 13.8. The number of benzene rings is 3. The summed E-state index contributed by atoms with van der Waals surface area (Å²) in [6.07, 6.45) is 0.725. The van der Waals surface area contributed by atoms with Crippen LogP contribution in [0.1, 0.15) is 59.4 Å². The van der Waals surface area contributed by atoms with Gasteiger partial charge in [-0.15, -0.1) is 0 Å². The monoisotopic (exact) mass is 463 g/mol. The molecule has 0 N–H and O–H groups in total. The van der Waals surface area contributed by atoms with Gasteiger partial charge in [0.1, 0.15) is 0 Å². The molecule has 172 valence electrons. The highest BCUT2D eigenvalue weighted by atomic mass is 35.5. The van der Waals surface area contributed by atoms with Crippen LogP contribution in [0.4, 0.5) is 0 Å². The zero-order valence-corrected chi connectivity index (χ0v) is 20.6. The lowest BCUT2D eigenvalue weighted by atomic mass is 9.85. The molecule has 0 spiro atoms. The molecule has 3 aromatic rings. The second kappa shape index (κ2) is 9.11. The van der Waals surface area contributed by atoms with Crippen LogP contribution in [0.3, 0.4) is 0 Å². The van der Waals surface area contributed by atoms with Crippen molar-refractivity contribution < 1.29 is 14.3 Å². The van der Waals surface area contributed by atoms with E-state index in [0.717, 1.165) is 23.1 Å². The maximum atomic E-state index is 13.8. The molecule has 4 nitrogen and oxygen atoms in total. The van der Waals surface area contributed by atoms with Crippen LogP contribution >= 0.6 is 11.6 Å². The van der Waals surface area contributed by atoms with Gasteiger partial charge in [-0.05, 0) is 64.4 Å². The average Bonchev–Trinajstić information content (AvgIpc) is 2.82. The molecule has 33 heavy (non-hydrogen) atoms. The van der Waals surface area contributed by atoms with E-state index in [4.69, 9.17) is 21.1 Å². The Bertz CT molecular complexity index is 1160. The number of fused-ring (bicyclic) bond motifs is 1. The second-order valence-corrected chi connectivity index (χ2v) is 9.81. The molecule has 1 atom stereocenters. The van der Waals surface area contributed by atoms with E-state index in [1.807, 2.05) is 65.6 Å². The first kappa shape index (κ1) is 23.2. The lowest BCUT2D eigenvalue weighted by molar-refractivity contribution is 0.0694. The first-order valence-electron chi connectivity index (χ1n) is 11.2. The Morgan fingerprint density at radius 2 is 1.58 bits per heavy atom. The molecule has 0 fully saturated rings. The molecule has 0 bridgehead atoms. The Labute approximate surface area is 201 Å². The molecular formula is C28H30ClNO3. The van der Waals surface area contributed by atoms with E-state index in [0.29, 0.717) is 28.6 Å². The number of amides is 1. The van der Waals surface area contributed by atoms with E-state index < -0.39 is 0 Å². The van der Waals surface area contributed by atoms with Gasteiger partial charge in [-0.25, -0.2) is 0 Å². The van der Waals surface area contributed by atoms with Crippen molar-refractivity contribution in [3.05, 3.63) is 93.5 Å². The van der Waals surface area contributed by atoms with Crippen molar-refractivity contribution in [2.24, 2.45) is 0 Å². The van der Waals surface area contributed by atoms with Crippen LogP contribution in [-0.4, -0.2) is 31.6 Å². The van der Waals surface area contributed by atoms with Gasteiger partial charge in [-0.1, -0.05) is 62.7 Å². The fourth-order valence-electron chi connectivity index (χ4n) is 4.48. The third-order valence-corrected chi connectivity index (χ3v) is 6.68. The Hall–Kier alpha value is -2.98. The van der Waals surface area contributed by atoms with E-state index in [1.165, 1.54) is 5.56 Å². The molecule has 1 heterocycles. The molecule has 0 aromatic heterocycles. The first-order valence-corrected chi connectivity index (χ1v) is 11.5. The number of halogens is 1. The number of rotatable bonds is 4. The Balaban J connectivity index is 1.81. The zero-order chi connectivity index (χ0) is 23.8. The number of nitrogens with zero attached hydrogens (tertiary/aromatic N) is 1. The van der Waals surface area contributed by atoms with Gasteiger partial charge in [-0.3, -0.25) is 4.79 Å². The number of hydrogen-bond acceptors (Lipinski definition) is 3. The molecule has 5 heteroatoms. The Morgan fingerprint density at radius 3 is 2.18 bits per heavy atom. The first-order chi connectivity index (χ1) is 15.7. The summed E-state index contributed by atoms with van der Waals surface area (Å²) in [5, 5.41) is 0.631. The molecule has 4 rings (SSSR count). The maximum Gasteiger partial charge on any atom is 0.254 e. The van der Waals surface area contributed by atoms with Gasteiger partial charge in [0.25, 0.3) is 5.91 Å². The van der Waals surface area contributed by atoms with E-state index in [1.54, 1.807) is 14.2 Å². The minimum absolute atomic E-state index is 0.0131. The smallest absolute Gasteiger partial charge is 0.254 e. The third-order valence-electron chi connectivity index (χ3n) is 6.33. The molecule has 1 aliphatic heterocycles. The number of ether oxygens (including phenoxy) is 2. The van der Waals surface area contributed by atoms with Crippen LogP contribution in [-0.2, 0) is 11.8 Å². The predicted molar refractivity (Wildman–Crippen MR) is 133 cm³/mol. The van der Waals surface area contributed by atoms with E-state index >= 15 is 0 Å².